The first kappa shape index (κ1) is 24.7. The van der Waals surface area contributed by atoms with Crippen molar-refractivity contribution in [2.45, 2.75) is 6.92 Å². The second-order valence-corrected chi connectivity index (χ2v) is 10.2. The Bertz CT molecular complexity index is 2050. The van der Waals surface area contributed by atoms with Crippen molar-refractivity contribution in [3.8, 4) is 45.6 Å². The van der Waals surface area contributed by atoms with Gasteiger partial charge in [0.05, 0.1) is 15.8 Å². The molecule has 7 rings (SSSR count). The maximum absolute atomic E-state index is 13.4. The molecule has 0 spiro atoms. The van der Waals surface area contributed by atoms with E-state index >= 15 is 0 Å². The Hall–Kier alpha value is -5.29. The van der Waals surface area contributed by atoms with Crippen LogP contribution in [0.1, 0.15) is 12.5 Å². The first-order valence-corrected chi connectivity index (χ1v) is 13.6. The lowest BCUT2D eigenvalue weighted by Gasteiger charge is -2.18. The fourth-order valence-corrected chi connectivity index (χ4v) is 5.50. The van der Waals surface area contributed by atoms with Crippen LogP contribution in [0.5, 0.6) is 17.2 Å². The van der Waals surface area contributed by atoms with Crippen molar-refractivity contribution in [3.63, 3.8) is 0 Å². The van der Waals surface area contributed by atoms with Crippen LogP contribution in [-0.2, 0) is 4.79 Å². The minimum atomic E-state index is -0.454. The van der Waals surface area contributed by atoms with Gasteiger partial charge in [-0.1, -0.05) is 41.7 Å². The Labute approximate surface area is 236 Å². The maximum atomic E-state index is 13.4. The highest BCUT2D eigenvalue weighted by atomic mass is 32.1. The molecule has 0 atom stereocenters. The van der Waals surface area contributed by atoms with Crippen LogP contribution in [0.25, 0.3) is 39.4 Å². The Morgan fingerprint density at radius 3 is 2.56 bits per heavy atom. The van der Waals surface area contributed by atoms with Gasteiger partial charge in [0.2, 0.25) is 4.96 Å². The summed E-state index contributed by atoms with van der Waals surface area (Å²) in [7, 11) is 0. The van der Waals surface area contributed by atoms with Gasteiger partial charge in [0.1, 0.15) is 24.7 Å². The largest absolute Gasteiger partial charge is 0.486 e. The van der Waals surface area contributed by atoms with E-state index in [4.69, 9.17) is 19.3 Å². The predicted octanol–water partition coefficient (Wildman–Crippen LogP) is 3.91. The van der Waals surface area contributed by atoms with E-state index in [-0.39, 0.29) is 5.56 Å². The first-order chi connectivity index (χ1) is 20.0. The maximum Gasteiger partial charge on any atom is 0.308 e. The summed E-state index contributed by atoms with van der Waals surface area (Å²) < 4.78 is 20.3. The summed E-state index contributed by atoms with van der Waals surface area (Å²) in [5.74, 6) is 1.51. The number of hydrogen-bond acceptors (Lipinski definition) is 9. The molecule has 0 aliphatic carbocycles. The van der Waals surface area contributed by atoms with E-state index in [1.165, 1.54) is 22.8 Å². The van der Waals surface area contributed by atoms with Crippen molar-refractivity contribution in [1.82, 2.24) is 24.4 Å². The summed E-state index contributed by atoms with van der Waals surface area (Å²) in [4.78, 5) is 30.0. The SMILES string of the molecule is CC(=O)Oc1ccccc1-c1nc2sc(=Cc3cn(-c4ccccc4)nc3-c3ccc4c(c3)OCCO4)c(=O)n2n1. The van der Waals surface area contributed by atoms with E-state index < -0.39 is 5.97 Å². The molecule has 0 radical (unpaired) electrons. The molecule has 3 aromatic carbocycles. The Morgan fingerprint density at radius 1 is 0.976 bits per heavy atom. The molecule has 0 unspecified atom stereocenters. The quantitative estimate of drug-likeness (QED) is 0.229. The number of ether oxygens (including phenoxy) is 3. The number of thiazole rings is 1. The zero-order chi connectivity index (χ0) is 27.9. The fraction of sp³-hybridized carbons (Fsp3) is 0.100. The minimum Gasteiger partial charge on any atom is -0.486 e. The van der Waals surface area contributed by atoms with Crippen molar-refractivity contribution in [2.24, 2.45) is 0 Å². The van der Waals surface area contributed by atoms with E-state index in [1.807, 2.05) is 54.7 Å². The molecule has 202 valence electrons. The van der Waals surface area contributed by atoms with Crippen LogP contribution in [0.3, 0.4) is 0 Å². The van der Waals surface area contributed by atoms with Gasteiger partial charge in [-0.15, -0.1) is 5.10 Å². The lowest BCUT2D eigenvalue weighted by molar-refractivity contribution is -0.131. The smallest absolute Gasteiger partial charge is 0.308 e. The molecule has 3 aromatic heterocycles. The normalized spacial score (nSPS) is 13.0. The number of benzene rings is 3. The molecule has 0 saturated heterocycles. The molecule has 0 fully saturated rings. The highest BCUT2D eigenvalue weighted by Crippen LogP contribution is 2.35. The third-order valence-electron chi connectivity index (χ3n) is 6.43. The molecule has 0 amide bonds. The molecule has 10 nitrogen and oxygen atoms in total. The summed E-state index contributed by atoms with van der Waals surface area (Å²) in [5, 5.41) is 9.30. The van der Waals surface area contributed by atoms with Crippen molar-refractivity contribution in [1.29, 1.82) is 0 Å². The molecule has 1 aliphatic heterocycles. The van der Waals surface area contributed by atoms with Crippen molar-refractivity contribution < 1.29 is 19.0 Å². The Morgan fingerprint density at radius 2 is 1.76 bits per heavy atom. The predicted molar refractivity (Wildman–Crippen MR) is 153 cm³/mol. The lowest BCUT2D eigenvalue weighted by Crippen LogP contribution is -2.23. The number of para-hydroxylation sites is 2. The zero-order valence-corrected chi connectivity index (χ0v) is 22.5. The minimum absolute atomic E-state index is 0.297. The van der Waals surface area contributed by atoms with Gasteiger partial charge in [0, 0.05) is 24.2 Å². The van der Waals surface area contributed by atoms with Crippen molar-refractivity contribution in [2.75, 3.05) is 13.2 Å². The van der Waals surface area contributed by atoms with Crippen molar-refractivity contribution in [3.05, 3.63) is 99.4 Å². The molecule has 0 N–H and O–H groups in total. The summed E-state index contributed by atoms with van der Waals surface area (Å²) in [6.45, 7) is 2.31. The molecule has 11 heteroatoms. The number of rotatable bonds is 5. The average molecular weight is 564 g/mol. The summed E-state index contributed by atoms with van der Waals surface area (Å²) in [5.41, 5.74) is 3.34. The number of nitrogens with zero attached hydrogens (tertiary/aromatic N) is 5. The van der Waals surface area contributed by atoms with Crippen LogP contribution >= 0.6 is 11.3 Å². The standard InChI is InChI=1S/C30H21N5O5S/c1-18(36)40-23-10-6-5-9-22(23)28-31-30-35(33-28)29(37)26(41-30)16-20-17-34(21-7-3-2-4-8-21)32-27(20)19-11-12-24-25(15-19)39-14-13-38-24/h2-12,15-17H,13-14H2,1H3. The monoisotopic (exact) mass is 563 g/mol. The van der Waals surface area contributed by atoms with Gasteiger partial charge in [0.25, 0.3) is 5.56 Å². The molecule has 6 aromatic rings. The zero-order valence-electron chi connectivity index (χ0n) is 21.7. The van der Waals surface area contributed by atoms with E-state index in [0.717, 1.165) is 16.8 Å². The first-order valence-electron chi connectivity index (χ1n) is 12.8. The molecule has 0 saturated carbocycles. The van der Waals surface area contributed by atoms with Crippen LogP contribution in [0.15, 0.2) is 83.8 Å². The lowest BCUT2D eigenvalue weighted by atomic mass is 10.1. The van der Waals surface area contributed by atoms with Gasteiger partial charge in [-0.25, -0.2) is 4.68 Å². The van der Waals surface area contributed by atoms with Crippen LogP contribution in [0, 0.1) is 0 Å². The number of carbonyl (C=O) groups excluding carboxylic acids is 1. The van der Waals surface area contributed by atoms with Gasteiger partial charge in [-0.2, -0.15) is 14.6 Å². The van der Waals surface area contributed by atoms with Crippen LogP contribution < -0.4 is 24.3 Å². The van der Waals surface area contributed by atoms with E-state index in [2.05, 4.69) is 10.1 Å². The number of fused-ring (bicyclic) bond motifs is 2. The molecule has 0 bridgehead atoms. The molecular formula is C30H21N5O5S. The van der Waals surface area contributed by atoms with Gasteiger partial charge >= 0.3 is 5.97 Å². The summed E-state index contributed by atoms with van der Waals surface area (Å²) in [6, 6.07) is 22.4. The van der Waals surface area contributed by atoms with Crippen molar-refractivity contribution >= 4 is 28.3 Å². The third-order valence-corrected chi connectivity index (χ3v) is 7.39. The molecule has 4 heterocycles. The Balaban J connectivity index is 1.34. The second kappa shape index (κ2) is 10.0. The van der Waals surface area contributed by atoms with Gasteiger partial charge < -0.3 is 14.2 Å². The van der Waals surface area contributed by atoms with Gasteiger partial charge in [-0.05, 0) is 48.5 Å². The van der Waals surface area contributed by atoms with E-state index in [0.29, 0.717) is 57.0 Å². The average Bonchev–Trinajstić information content (AvgIpc) is 3.68. The molecule has 41 heavy (non-hydrogen) atoms. The second-order valence-electron chi connectivity index (χ2n) is 9.21. The fourth-order valence-electron chi connectivity index (χ4n) is 4.61. The highest BCUT2D eigenvalue weighted by Gasteiger charge is 2.19. The van der Waals surface area contributed by atoms with E-state index in [1.54, 1.807) is 35.0 Å². The summed E-state index contributed by atoms with van der Waals surface area (Å²) in [6.07, 6.45) is 3.69. The molecular weight excluding hydrogens is 542 g/mol. The number of esters is 1. The van der Waals surface area contributed by atoms with E-state index in [9.17, 15) is 9.59 Å². The number of hydrogen-bond donors (Lipinski definition) is 0. The third kappa shape index (κ3) is 4.61. The summed E-state index contributed by atoms with van der Waals surface area (Å²) >= 11 is 1.22. The number of carbonyl (C=O) groups is 1. The molecule has 1 aliphatic rings. The van der Waals surface area contributed by atoms with Crippen LogP contribution in [-0.4, -0.2) is 43.6 Å². The number of aromatic nitrogens is 5. The van der Waals surface area contributed by atoms with Gasteiger partial charge in [-0.3, -0.25) is 9.59 Å². The highest BCUT2D eigenvalue weighted by molar-refractivity contribution is 7.15. The van der Waals surface area contributed by atoms with Crippen LogP contribution in [0.2, 0.25) is 0 Å². The van der Waals surface area contributed by atoms with Gasteiger partial charge in [0.15, 0.2) is 17.3 Å². The van der Waals surface area contributed by atoms with Crippen LogP contribution in [0.4, 0.5) is 0 Å². The topological polar surface area (TPSA) is 110 Å². The Kier molecular flexibility index (Phi) is 6.05.